The zero-order valence-corrected chi connectivity index (χ0v) is 10.6. The monoisotopic (exact) mass is 233 g/mol. The van der Waals surface area contributed by atoms with E-state index >= 15 is 0 Å². The van der Waals surface area contributed by atoms with Gasteiger partial charge in [0, 0.05) is 13.1 Å². The van der Waals surface area contributed by atoms with Gasteiger partial charge in [-0.15, -0.1) is 0 Å². The second-order valence-electron chi connectivity index (χ2n) is 4.23. The molecule has 1 amide bonds. The van der Waals surface area contributed by atoms with Gasteiger partial charge in [-0.25, -0.2) is 0 Å². The van der Waals surface area contributed by atoms with E-state index in [4.69, 9.17) is 5.11 Å². The number of carbonyl (C=O) groups is 1. The van der Waals surface area contributed by atoms with Crippen molar-refractivity contribution in [3.8, 4) is 0 Å². The van der Waals surface area contributed by atoms with Gasteiger partial charge in [0.05, 0.1) is 12.6 Å². The van der Waals surface area contributed by atoms with Crippen LogP contribution >= 0.6 is 0 Å². The van der Waals surface area contributed by atoms with Crippen molar-refractivity contribution in [1.82, 2.24) is 4.90 Å². The smallest absolute Gasteiger partial charge is 0.246 e. The Morgan fingerprint density at radius 2 is 2.24 bits per heavy atom. The van der Waals surface area contributed by atoms with Gasteiger partial charge >= 0.3 is 0 Å². The molecule has 0 radical (unpaired) electrons. The van der Waals surface area contributed by atoms with Crippen molar-refractivity contribution in [2.24, 2.45) is 0 Å². The topological polar surface area (TPSA) is 40.5 Å². The second-order valence-corrected chi connectivity index (χ2v) is 4.23. The molecule has 0 fully saturated rings. The molecule has 0 saturated carbocycles. The van der Waals surface area contributed by atoms with Crippen LogP contribution in [0.15, 0.2) is 30.3 Å². The summed E-state index contributed by atoms with van der Waals surface area (Å²) in [5.74, 6) is -0.104. The Hall–Kier alpha value is -1.61. The predicted octanol–water partition coefficient (Wildman–Crippen LogP) is 1.85. The fourth-order valence-electron chi connectivity index (χ4n) is 1.40. The number of hydrogen-bond acceptors (Lipinski definition) is 2. The molecule has 0 aliphatic carbocycles. The Kier molecular flexibility index (Phi) is 4.91. The maximum Gasteiger partial charge on any atom is 0.246 e. The molecule has 1 rings (SSSR count). The molecule has 0 aromatic heterocycles. The average molecular weight is 233 g/mol. The van der Waals surface area contributed by atoms with Crippen LogP contribution < -0.4 is 0 Å². The Bertz CT molecular complexity index is 412. The summed E-state index contributed by atoms with van der Waals surface area (Å²) in [6, 6.07) is 7.77. The van der Waals surface area contributed by atoms with Gasteiger partial charge in [-0.1, -0.05) is 29.8 Å². The maximum atomic E-state index is 11.7. The van der Waals surface area contributed by atoms with Gasteiger partial charge in [-0.3, -0.25) is 4.79 Å². The summed E-state index contributed by atoms with van der Waals surface area (Å²) in [5, 5.41) is 8.96. The lowest BCUT2D eigenvalue weighted by molar-refractivity contribution is -0.127. The number of aryl methyl sites for hydroxylation is 1. The number of benzene rings is 1. The molecule has 3 nitrogen and oxygen atoms in total. The summed E-state index contributed by atoms with van der Waals surface area (Å²) < 4.78 is 0. The first kappa shape index (κ1) is 13.5. The van der Waals surface area contributed by atoms with E-state index in [1.165, 1.54) is 11.0 Å². The van der Waals surface area contributed by atoms with Crippen LogP contribution in [0, 0.1) is 6.92 Å². The van der Waals surface area contributed by atoms with Gasteiger partial charge in [0.15, 0.2) is 0 Å². The van der Waals surface area contributed by atoms with E-state index < -0.39 is 0 Å². The second kappa shape index (κ2) is 6.21. The van der Waals surface area contributed by atoms with E-state index in [1.54, 1.807) is 20.0 Å². The number of aliphatic hydroxyl groups excluding tert-OH is 1. The molecular weight excluding hydrogens is 214 g/mol. The summed E-state index contributed by atoms with van der Waals surface area (Å²) in [7, 11) is 1.68. The zero-order valence-electron chi connectivity index (χ0n) is 10.6. The number of rotatable bonds is 4. The number of likely N-dealkylation sites (N-methyl/N-ethyl adjacent to an activating group) is 1. The Balaban J connectivity index is 2.68. The lowest BCUT2D eigenvalue weighted by Gasteiger charge is -2.21. The van der Waals surface area contributed by atoms with Crippen molar-refractivity contribution in [2.45, 2.75) is 19.9 Å². The molecule has 0 bridgehead atoms. The lowest BCUT2D eigenvalue weighted by atomic mass is 10.1. The molecular formula is C14H19NO2. The van der Waals surface area contributed by atoms with Crippen LogP contribution in [-0.2, 0) is 4.79 Å². The van der Waals surface area contributed by atoms with Crippen LogP contribution in [-0.4, -0.2) is 35.6 Å². The molecule has 1 aromatic carbocycles. The maximum absolute atomic E-state index is 11.7. The highest BCUT2D eigenvalue weighted by Gasteiger charge is 2.11. The molecule has 0 heterocycles. The van der Waals surface area contributed by atoms with E-state index in [1.807, 2.05) is 31.2 Å². The highest BCUT2D eigenvalue weighted by molar-refractivity contribution is 5.91. The van der Waals surface area contributed by atoms with E-state index in [9.17, 15) is 4.79 Å². The van der Waals surface area contributed by atoms with Gasteiger partial charge in [-0.2, -0.15) is 0 Å². The third-order valence-corrected chi connectivity index (χ3v) is 2.73. The minimum absolute atomic E-state index is 0.0273. The fourth-order valence-corrected chi connectivity index (χ4v) is 1.40. The summed E-state index contributed by atoms with van der Waals surface area (Å²) in [6.07, 6.45) is 3.32. The first-order valence-corrected chi connectivity index (χ1v) is 5.67. The van der Waals surface area contributed by atoms with Crippen LogP contribution in [0.1, 0.15) is 18.1 Å². The van der Waals surface area contributed by atoms with E-state index in [2.05, 4.69) is 0 Å². The third kappa shape index (κ3) is 4.04. The minimum atomic E-state index is -0.162. The molecule has 0 spiro atoms. The predicted molar refractivity (Wildman–Crippen MR) is 69.5 cm³/mol. The highest BCUT2D eigenvalue weighted by Crippen LogP contribution is 2.06. The summed E-state index contributed by atoms with van der Waals surface area (Å²) >= 11 is 0. The summed E-state index contributed by atoms with van der Waals surface area (Å²) in [6.45, 7) is 3.79. The van der Waals surface area contributed by atoms with Crippen LogP contribution in [0.2, 0.25) is 0 Å². The number of nitrogens with zero attached hydrogens (tertiary/aromatic N) is 1. The minimum Gasteiger partial charge on any atom is -0.394 e. The number of hydrogen-bond donors (Lipinski definition) is 1. The standard InChI is InChI=1S/C14H19NO2/c1-11-5-4-6-13(9-11)7-8-14(17)15(3)12(2)10-16/h4-9,12,16H,10H2,1-3H3/b8-7+. The molecule has 0 saturated heterocycles. The lowest BCUT2D eigenvalue weighted by Crippen LogP contribution is -2.36. The fraction of sp³-hybridized carbons (Fsp3) is 0.357. The Morgan fingerprint density at radius 1 is 1.53 bits per heavy atom. The van der Waals surface area contributed by atoms with Gasteiger partial charge in [-0.05, 0) is 25.5 Å². The zero-order chi connectivity index (χ0) is 12.8. The van der Waals surface area contributed by atoms with Gasteiger partial charge in [0.1, 0.15) is 0 Å². The molecule has 0 aliphatic rings. The summed E-state index contributed by atoms with van der Waals surface area (Å²) in [4.78, 5) is 13.2. The molecule has 92 valence electrons. The van der Waals surface area contributed by atoms with Crippen molar-refractivity contribution < 1.29 is 9.90 Å². The van der Waals surface area contributed by atoms with Crippen molar-refractivity contribution >= 4 is 12.0 Å². The molecule has 1 aromatic rings. The van der Waals surface area contributed by atoms with E-state index in [-0.39, 0.29) is 18.6 Å². The number of carbonyl (C=O) groups excluding carboxylic acids is 1. The molecule has 3 heteroatoms. The highest BCUT2D eigenvalue weighted by atomic mass is 16.3. The number of amides is 1. The molecule has 1 N–H and O–H groups in total. The molecule has 1 unspecified atom stereocenters. The van der Waals surface area contributed by atoms with Crippen LogP contribution in [0.4, 0.5) is 0 Å². The molecule has 17 heavy (non-hydrogen) atoms. The molecule has 0 aliphatic heterocycles. The third-order valence-electron chi connectivity index (χ3n) is 2.73. The number of aliphatic hydroxyl groups is 1. The first-order chi connectivity index (χ1) is 8.04. The Morgan fingerprint density at radius 3 is 2.82 bits per heavy atom. The molecule has 1 atom stereocenters. The van der Waals surface area contributed by atoms with E-state index in [0.29, 0.717) is 0 Å². The van der Waals surface area contributed by atoms with E-state index in [0.717, 1.165) is 11.1 Å². The van der Waals surface area contributed by atoms with Crippen LogP contribution in [0.3, 0.4) is 0 Å². The first-order valence-electron chi connectivity index (χ1n) is 5.67. The van der Waals surface area contributed by atoms with Crippen LogP contribution in [0.5, 0.6) is 0 Å². The van der Waals surface area contributed by atoms with Gasteiger partial charge in [0.25, 0.3) is 0 Å². The quantitative estimate of drug-likeness (QED) is 0.806. The Labute approximate surface area is 102 Å². The SMILES string of the molecule is Cc1cccc(/C=C/C(=O)N(C)C(C)CO)c1. The van der Waals surface area contributed by atoms with Crippen LogP contribution in [0.25, 0.3) is 6.08 Å². The van der Waals surface area contributed by atoms with Crippen molar-refractivity contribution in [2.75, 3.05) is 13.7 Å². The average Bonchev–Trinajstić information content (AvgIpc) is 2.34. The van der Waals surface area contributed by atoms with Crippen molar-refractivity contribution in [3.05, 3.63) is 41.5 Å². The van der Waals surface area contributed by atoms with Gasteiger partial charge < -0.3 is 10.0 Å². The normalized spacial score (nSPS) is 12.7. The summed E-state index contributed by atoms with van der Waals surface area (Å²) in [5.41, 5.74) is 2.17. The van der Waals surface area contributed by atoms with Gasteiger partial charge in [0.2, 0.25) is 5.91 Å². The largest absolute Gasteiger partial charge is 0.394 e. The van der Waals surface area contributed by atoms with Crippen molar-refractivity contribution in [3.63, 3.8) is 0 Å². The van der Waals surface area contributed by atoms with Crippen molar-refractivity contribution in [1.29, 1.82) is 0 Å².